The number of carbonyl (C=O) groups excluding carboxylic acids is 2. The highest BCUT2D eigenvalue weighted by Gasteiger charge is 2.28. The van der Waals surface area contributed by atoms with Gasteiger partial charge in [0.15, 0.2) is 0 Å². The fourth-order valence-electron chi connectivity index (χ4n) is 2.83. The minimum atomic E-state index is -0.537. The Kier molecular flexibility index (Phi) is 7.36. The Morgan fingerprint density at radius 2 is 1.65 bits per heavy atom. The minimum absolute atomic E-state index is 0.0848. The third kappa shape index (κ3) is 5.43. The number of hydrogen-bond acceptors (Lipinski definition) is 3. The zero-order valence-electron chi connectivity index (χ0n) is 15.7. The number of nitrogens with zero attached hydrogens (tertiary/aromatic N) is 1. The summed E-state index contributed by atoms with van der Waals surface area (Å²) < 4.78 is 0. The maximum atomic E-state index is 13.1. The molecule has 5 nitrogen and oxygen atoms in total. The van der Waals surface area contributed by atoms with Crippen molar-refractivity contribution >= 4 is 17.5 Å². The van der Waals surface area contributed by atoms with E-state index in [-0.39, 0.29) is 18.4 Å². The predicted molar refractivity (Wildman–Crippen MR) is 105 cm³/mol. The van der Waals surface area contributed by atoms with Gasteiger partial charge in [-0.3, -0.25) is 14.5 Å². The Hall–Kier alpha value is -2.66. The molecule has 0 aliphatic carbocycles. The van der Waals surface area contributed by atoms with Gasteiger partial charge >= 0.3 is 0 Å². The third-order valence-electron chi connectivity index (χ3n) is 4.17. The van der Waals surface area contributed by atoms with Crippen LogP contribution in [0.4, 0.5) is 5.69 Å². The molecule has 0 aliphatic rings. The summed E-state index contributed by atoms with van der Waals surface area (Å²) in [6, 6.07) is 16.7. The molecule has 2 amide bonds. The first kappa shape index (κ1) is 19.7. The van der Waals surface area contributed by atoms with Crippen molar-refractivity contribution in [3.8, 4) is 0 Å². The Morgan fingerprint density at radius 3 is 2.23 bits per heavy atom. The lowest BCUT2D eigenvalue weighted by Gasteiger charge is -2.29. The Labute approximate surface area is 155 Å². The summed E-state index contributed by atoms with van der Waals surface area (Å²) in [5, 5.41) is 5.77. The average molecular weight is 353 g/mol. The zero-order valence-corrected chi connectivity index (χ0v) is 15.7. The highest BCUT2D eigenvalue weighted by molar-refractivity contribution is 5.96. The number of aryl methyl sites for hydroxylation is 1. The Morgan fingerprint density at radius 1 is 1.00 bits per heavy atom. The van der Waals surface area contributed by atoms with Gasteiger partial charge in [0, 0.05) is 12.2 Å². The molecule has 0 unspecified atom stereocenters. The van der Waals surface area contributed by atoms with Crippen LogP contribution in [0.15, 0.2) is 54.6 Å². The minimum Gasteiger partial charge on any atom is -0.355 e. The quantitative estimate of drug-likeness (QED) is 0.766. The van der Waals surface area contributed by atoms with Gasteiger partial charge in [0.2, 0.25) is 11.8 Å². The standard InChI is InChI=1S/C21H27N3O2/c1-4-22-19(25)15-24(5-2)20(17-9-7-6-8-10-17)21(26)23-18-13-11-16(3)12-14-18/h6-14,20H,4-5,15H2,1-3H3,(H,22,25)(H,23,26)/t20-/m0/s1. The summed E-state index contributed by atoms with van der Waals surface area (Å²) in [5.41, 5.74) is 2.74. The van der Waals surface area contributed by atoms with Crippen molar-refractivity contribution in [1.29, 1.82) is 0 Å². The molecule has 0 heterocycles. The Balaban J connectivity index is 2.26. The van der Waals surface area contributed by atoms with Crippen LogP contribution in [0.5, 0.6) is 0 Å². The molecule has 138 valence electrons. The number of hydrogen-bond donors (Lipinski definition) is 2. The predicted octanol–water partition coefficient (Wildman–Crippen LogP) is 3.13. The van der Waals surface area contributed by atoms with E-state index in [0.717, 1.165) is 16.8 Å². The van der Waals surface area contributed by atoms with Gasteiger partial charge in [-0.25, -0.2) is 0 Å². The molecule has 0 fully saturated rings. The fourth-order valence-corrected chi connectivity index (χ4v) is 2.83. The van der Waals surface area contributed by atoms with Gasteiger partial charge in [-0.1, -0.05) is 55.0 Å². The van der Waals surface area contributed by atoms with Crippen LogP contribution in [0.3, 0.4) is 0 Å². The van der Waals surface area contributed by atoms with Gasteiger partial charge in [0.25, 0.3) is 0 Å². The molecule has 2 N–H and O–H groups in total. The van der Waals surface area contributed by atoms with Gasteiger partial charge in [-0.05, 0) is 38.1 Å². The molecule has 2 aromatic rings. The second-order valence-electron chi connectivity index (χ2n) is 6.19. The molecule has 0 aliphatic heterocycles. The first-order valence-corrected chi connectivity index (χ1v) is 8.98. The second-order valence-corrected chi connectivity index (χ2v) is 6.19. The lowest BCUT2D eigenvalue weighted by atomic mass is 10.0. The van der Waals surface area contributed by atoms with Crippen LogP contribution in [0.25, 0.3) is 0 Å². The van der Waals surface area contributed by atoms with E-state index in [1.54, 1.807) is 0 Å². The van der Waals surface area contributed by atoms with Crippen molar-refractivity contribution in [3.63, 3.8) is 0 Å². The largest absolute Gasteiger partial charge is 0.355 e. The number of anilines is 1. The van der Waals surface area contributed by atoms with Crippen molar-refractivity contribution in [2.45, 2.75) is 26.8 Å². The van der Waals surface area contributed by atoms with Crippen LogP contribution < -0.4 is 10.6 Å². The average Bonchev–Trinajstić information content (AvgIpc) is 2.64. The van der Waals surface area contributed by atoms with Gasteiger partial charge < -0.3 is 10.6 Å². The van der Waals surface area contributed by atoms with Crippen molar-refractivity contribution < 1.29 is 9.59 Å². The number of rotatable bonds is 8. The normalized spacial score (nSPS) is 11.8. The van der Waals surface area contributed by atoms with Crippen LogP contribution in [0.2, 0.25) is 0 Å². The summed E-state index contributed by atoms with van der Waals surface area (Å²) in [5.74, 6) is -0.232. The number of carbonyl (C=O) groups is 2. The summed E-state index contributed by atoms with van der Waals surface area (Å²) >= 11 is 0. The molecule has 0 spiro atoms. The Bertz CT molecular complexity index is 714. The van der Waals surface area contributed by atoms with E-state index in [2.05, 4.69) is 10.6 Å². The first-order valence-electron chi connectivity index (χ1n) is 8.98. The number of benzene rings is 2. The molecule has 0 bridgehead atoms. The summed E-state index contributed by atoms with van der Waals surface area (Å²) in [6.45, 7) is 7.16. The molecule has 0 aromatic heterocycles. The van der Waals surface area contributed by atoms with Crippen molar-refractivity contribution in [2.24, 2.45) is 0 Å². The third-order valence-corrected chi connectivity index (χ3v) is 4.17. The van der Waals surface area contributed by atoms with E-state index in [4.69, 9.17) is 0 Å². The highest BCUT2D eigenvalue weighted by Crippen LogP contribution is 2.23. The molecule has 1 atom stereocenters. The van der Waals surface area contributed by atoms with E-state index in [1.165, 1.54) is 0 Å². The lowest BCUT2D eigenvalue weighted by Crippen LogP contribution is -2.43. The van der Waals surface area contributed by atoms with E-state index in [1.807, 2.05) is 80.3 Å². The molecular weight excluding hydrogens is 326 g/mol. The zero-order chi connectivity index (χ0) is 18.9. The molecule has 2 rings (SSSR count). The molecular formula is C21H27N3O2. The maximum absolute atomic E-state index is 13.1. The van der Waals surface area contributed by atoms with Gasteiger partial charge in [0.05, 0.1) is 6.54 Å². The van der Waals surface area contributed by atoms with Crippen LogP contribution >= 0.6 is 0 Å². The van der Waals surface area contributed by atoms with E-state index in [0.29, 0.717) is 13.1 Å². The number of likely N-dealkylation sites (N-methyl/N-ethyl adjacent to an activating group) is 2. The molecule has 26 heavy (non-hydrogen) atoms. The van der Waals surface area contributed by atoms with Gasteiger partial charge in [-0.2, -0.15) is 0 Å². The van der Waals surface area contributed by atoms with E-state index >= 15 is 0 Å². The van der Waals surface area contributed by atoms with Crippen LogP contribution in [0.1, 0.15) is 31.0 Å². The van der Waals surface area contributed by atoms with E-state index < -0.39 is 6.04 Å². The SMILES string of the molecule is CCNC(=O)CN(CC)[C@H](C(=O)Nc1ccc(C)cc1)c1ccccc1. The molecule has 0 saturated heterocycles. The van der Waals surface area contributed by atoms with Crippen molar-refractivity contribution in [2.75, 3.05) is 25.0 Å². The van der Waals surface area contributed by atoms with Crippen LogP contribution in [-0.2, 0) is 9.59 Å². The molecule has 0 saturated carbocycles. The summed E-state index contributed by atoms with van der Waals surface area (Å²) in [6.07, 6.45) is 0. The van der Waals surface area contributed by atoms with Gasteiger partial charge in [-0.15, -0.1) is 0 Å². The summed E-state index contributed by atoms with van der Waals surface area (Å²) in [7, 11) is 0. The van der Waals surface area contributed by atoms with Gasteiger partial charge in [0.1, 0.15) is 6.04 Å². The van der Waals surface area contributed by atoms with Crippen LogP contribution in [-0.4, -0.2) is 36.3 Å². The lowest BCUT2D eigenvalue weighted by molar-refractivity contribution is -0.126. The molecule has 0 radical (unpaired) electrons. The monoisotopic (exact) mass is 353 g/mol. The van der Waals surface area contributed by atoms with Crippen LogP contribution in [0, 0.1) is 6.92 Å². The summed E-state index contributed by atoms with van der Waals surface area (Å²) in [4.78, 5) is 27.0. The highest BCUT2D eigenvalue weighted by atomic mass is 16.2. The smallest absolute Gasteiger partial charge is 0.246 e. The van der Waals surface area contributed by atoms with Crippen molar-refractivity contribution in [3.05, 3.63) is 65.7 Å². The topological polar surface area (TPSA) is 61.4 Å². The second kappa shape index (κ2) is 9.73. The number of amides is 2. The van der Waals surface area contributed by atoms with E-state index in [9.17, 15) is 9.59 Å². The van der Waals surface area contributed by atoms with Crippen molar-refractivity contribution in [1.82, 2.24) is 10.2 Å². The number of nitrogens with one attached hydrogen (secondary N) is 2. The molecule has 2 aromatic carbocycles. The molecule has 5 heteroatoms. The fraction of sp³-hybridized carbons (Fsp3) is 0.333. The first-order chi connectivity index (χ1) is 12.5. The maximum Gasteiger partial charge on any atom is 0.246 e.